The van der Waals surface area contributed by atoms with Gasteiger partial charge in [0, 0.05) is 31.2 Å². The number of halogens is 1. The Morgan fingerprint density at radius 3 is 2.71 bits per heavy atom. The molecule has 1 fully saturated rings. The Hall–Kier alpha value is -1.64. The predicted molar refractivity (Wildman–Crippen MR) is 90.7 cm³/mol. The number of nitrogens with two attached hydrogens (primary N) is 1. The van der Waals surface area contributed by atoms with Crippen molar-refractivity contribution in [2.75, 3.05) is 19.6 Å². The van der Waals surface area contributed by atoms with Crippen LogP contribution in [-0.4, -0.2) is 55.1 Å². The van der Waals surface area contributed by atoms with E-state index in [0.717, 1.165) is 17.1 Å². The summed E-state index contributed by atoms with van der Waals surface area (Å²) < 4.78 is 25.6. The summed E-state index contributed by atoms with van der Waals surface area (Å²) in [6, 6.07) is 4.23. The van der Waals surface area contributed by atoms with Gasteiger partial charge in [-0.3, -0.25) is 9.59 Å². The molecule has 1 aromatic rings. The van der Waals surface area contributed by atoms with Crippen LogP contribution in [0.2, 0.25) is 0 Å². The van der Waals surface area contributed by atoms with Crippen LogP contribution in [0.3, 0.4) is 0 Å². The first-order valence-electron chi connectivity index (χ1n) is 7.64. The van der Waals surface area contributed by atoms with E-state index in [9.17, 15) is 18.0 Å². The van der Waals surface area contributed by atoms with E-state index in [1.165, 1.54) is 18.2 Å². The number of hydrogen-bond acceptors (Lipinski definition) is 5. The molecule has 0 aromatic heterocycles. The number of benzene rings is 1. The third-order valence-corrected chi connectivity index (χ3v) is 6.35. The highest BCUT2D eigenvalue weighted by Gasteiger charge is 2.41. The number of likely N-dealkylation sites (tertiary alicyclic amines) is 1. The fourth-order valence-electron chi connectivity index (χ4n) is 3.24. The molecule has 2 N–H and O–H groups in total. The summed E-state index contributed by atoms with van der Waals surface area (Å²) in [5.74, 6) is -0.777. The molecule has 9 heteroatoms. The summed E-state index contributed by atoms with van der Waals surface area (Å²) in [5, 5.41) is 0. The summed E-state index contributed by atoms with van der Waals surface area (Å²) in [6.45, 7) is 2.67. The van der Waals surface area contributed by atoms with Gasteiger partial charge in [0.05, 0.1) is 5.56 Å². The molecule has 132 valence electrons. The van der Waals surface area contributed by atoms with Crippen molar-refractivity contribution < 1.29 is 18.0 Å². The lowest BCUT2D eigenvalue weighted by Gasteiger charge is -2.23. The third-order valence-electron chi connectivity index (χ3n) is 4.45. The molecule has 0 bridgehead atoms. The number of carbonyl (C=O) groups excluding carboxylic acids is 2. The average molecular weight is 374 g/mol. The Kier molecular flexibility index (Phi) is 5.22. The summed E-state index contributed by atoms with van der Waals surface area (Å²) in [4.78, 5) is 26.3. The van der Waals surface area contributed by atoms with E-state index in [1.807, 2.05) is 0 Å². The van der Waals surface area contributed by atoms with Gasteiger partial charge in [-0.15, -0.1) is 12.4 Å². The highest BCUT2D eigenvalue weighted by molar-refractivity contribution is 7.90. The molecule has 0 radical (unpaired) electrons. The van der Waals surface area contributed by atoms with Gasteiger partial charge in [0.1, 0.15) is 4.90 Å². The van der Waals surface area contributed by atoms with Crippen molar-refractivity contribution >= 4 is 34.2 Å². The van der Waals surface area contributed by atoms with Gasteiger partial charge in [0.25, 0.3) is 21.8 Å². The Bertz CT molecular complexity index is 781. The molecular formula is C15H20ClN3O4S. The summed E-state index contributed by atoms with van der Waals surface area (Å²) in [6.07, 6.45) is 1.74. The fraction of sp³-hybridized carbons (Fsp3) is 0.467. The second-order valence-corrected chi connectivity index (χ2v) is 7.55. The van der Waals surface area contributed by atoms with E-state index < -0.39 is 15.9 Å². The number of fused-ring (bicyclic) bond motifs is 1. The van der Waals surface area contributed by atoms with E-state index in [0.29, 0.717) is 13.1 Å². The summed E-state index contributed by atoms with van der Waals surface area (Å²) >= 11 is 0. The van der Waals surface area contributed by atoms with Crippen molar-refractivity contribution in [1.82, 2.24) is 9.21 Å². The lowest BCUT2D eigenvalue weighted by Crippen LogP contribution is -2.39. The van der Waals surface area contributed by atoms with Crippen LogP contribution >= 0.6 is 12.4 Å². The van der Waals surface area contributed by atoms with E-state index in [1.54, 1.807) is 11.8 Å². The van der Waals surface area contributed by atoms with Crippen LogP contribution in [-0.2, 0) is 10.0 Å². The molecule has 2 aliphatic rings. The van der Waals surface area contributed by atoms with Crippen LogP contribution in [0.15, 0.2) is 23.1 Å². The van der Waals surface area contributed by atoms with Gasteiger partial charge in [-0.25, -0.2) is 12.7 Å². The molecule has 24 heavy (non-hydrogen) atoms. The lowest BCUT2D eigenvalue weighted by molar-refractivity contribution is 0.0740. The van der Waals surface area contributed by atoms with Crippen molar-refractivity contribution in [3.8, 4) is 0 Å². The first-order chi connectivity index (χ1) is 10.9. The number of carbonyl (C=O) groups is 2. The molecule has 1 saturated heterocycles. The van der Waals surface area contributed by atoms with E-state index in [2.05, 4.69) is 0 Å². The Balaban J connectivity index is 0.00000208. The Labute approximate surface area is 147 Å². The molecule has 3 rings (SSSR count). The topological polar surface area (TPSA) is 101 Å². The normalized spacial score (nSPS) is 21.6. The fourth-order valence-corrected chi connectivity index (χ4v) is 4.84. The molecule has 2 amide bonds. The molecule has 0 spiro atoms. The number of hydrogen-bond donors (Lipinski definition) is 1. The quantitative estimate of drug-likeness (QED) is 0.845. The smallest absolute Gasteiger partial charge is 0.268 e. The maximum absolute atomic E-state index is 12.6. The zero-order valence-corrected chi connectivity index (χ0v) is 14.9. The third kappa shape index (κ3) is 2.68. The van der Waals surface area contributed by atoms with Crippen molar-refractivity contribution in [2.24, 2.45) is 5.73 Å². The zero-order chi connectivity index (χ0) is 16.8. The van der Waals surface area contributed by atoms with Crippen LogP contribution in [0, 0.1) is 0 Å². The number of rotatable bonds is 3. The minimum atomic E-state index is -3.86. The summed E-state index contributed by atoms with van der Waals surface area (Å²) in [7, 11) is -3.86. The van der Waals surface area contributed by atoms with Gasteiger partial charge in [0.2, 0.25) is 0 Å². The van der Waals surface area contributed by atoms with Crippen LogP contribution < -0.4 is 5.73 Å². The molecule has 0 aliphatic carbocycles. The molecule has 2 heterocycles. The second-order valence-electron chi connectivity index (χ2n) is 5.72. The average Bonchev–Trinajstić information content (AvgIpc) is 3.08. The highest BCUT2D eigenvalue weighted by atomic mass is 35.5. The highest BCUT2D eigenvalue weighted by Crippen LogP contribution is 2.31. The SMILES string of the molecule is CCN1C(=O)c2ccc(C(=O)N3CCCC3CN)cc2S1(=O)=O.Cl. The number of amides is 2. The molecular weight excluding hydrogens is 354 g/mol. The minimum Gasteiger partial charge on any atom is -0.334 e. The largest absolute Gasteiger partial charge is 0.334 e. The molecule has 1 aromatic carbocycles. The first kappa shape index (κ1) is 18.7. The number of nitrogens with zero attached hydrogens (tertiary/aromatic N) is 2. The van der Waals surface area contributed by atoms with E-state index >= 15 is 0 Å². The molecule has 7 nitrogen and oxygen atoms in total. The summed E-state index contributed by atoms with van der Waals surface area (Å²) in [5.41, 5.74) is 6.09. The van der Waals surface area contributed by atoms with Gasteiger partial charge in [-0.2, -0.15) is 0 Å². The van der Waals surface area contributed by atoms with Crippen molar-refractivity contribution in [1.29, 1.82) is 0 Å². The standard InChI is InChI=1S/C15H19N3O4S.ClH/c1-2-18-15(20)12-6-5-10(8-13(12)23(18,21)22)14(19)17-7-3-4-11(17)9-16;/h5-6,8,11H,2-4,7,9,16H2,1H3;1H. The zero-order valence-electron chi connectivity index (χ0n) is 13.3. The van der Waals surface area contributed by atoms with E-state index in [-0.39, 0.29) is 46.9 Å². The van der Waals surface area contributed by atoms with Crippen molar-refractivity contribution in [3.05, 3.63) is 29.3 Å². The van der Waals surface area contributed by atoms with Gasteiger partial charge in [-0.1, -0.05) is 0 Å². The first-order valence-corrected chi connectivity index (χ1v) is 9.08. The van der Waals surface area contributed by atoms with Crippen LogP contribution in [0.5, 0.6) is 0 Å². The predicted octanol–water partition coefficient (Wildman–Crippen LogP) is 0.836. The van der Waals surface area contributed by atoms with Gasteiger partial charge in [0.15, 0.2) is 0 Å². The van der Waals surface area contributed by atoms with Crippen molar-refractivity contribution in [2.45, 2.75) is 30.7 Å². The van der Waals surface area contributed by atoms with Crippen LogP contribution in [0.4, 0.5) is 0 Å². The maximum Gasteiger partial charge on any atom is 0.268 e. The second kappa shape index (κ2) is 6.70. The Morgan fingerprint density at radius 2 is 2.08 bits per heavy atom. The maximum atomic E-state index is 12.6. The lowest BCUT2D eigenvalue weighted by atomic mass is 10.1. The van der Waals surface area contributed by atoms with Crippen LogP contribution in [0.1, 0.15) is 40.5 Å². The molecule has 1 atom stereocenters. The molecule has 0 saturated carbocycles. The van der Waals surface area contributed by atoms with Crippen LogP contribution in [0.25, 0.3) is 0 Å². The van der Waals surface area contributed by atoms with Gasteiger partial charge in [-0.05, 0) is 38.0 Å². The minimum absolute atomic E-state index is 0. The number of sulfonamides is 1. The van der Waals surface area contributed by atoms with Crippen molar-refractivity contribution in [3.63, 3.8) is 0 Å². The Morgan fingerprint density at radius 1 is 1.38 bits per heavy atom. The monoisotopic (exact) mass is 373 g/mol. The van der Waals surface area contributed by atoms with Gasteiger partial charge < -0.3 is 10.6 Å². The molecule has 2 aliphatic heterocycles. The molecule has 1 unspecified atom stereocenters. The van der Waals surface area contributed by atoms with Gasteiger partial charge >= 0.3 is 0 Å². The van der Waals surface area contributed by atoms with E-state index in [4.69, 9.17) is 5.73 Å².